The summed E-state index contributed by atoms with van der Waals surface area (Å²) in [5.74, 6) is -1.01. The Bertz CT molecular complexity index is 660. The Morgan fingerprint density at radius 1 is 1.30 bits per heavy atom. The van der Waals surface area contributed by atoms with Gasteiger partial charge in [0.15, 0.2) is 0 Å². The SMILES string of the molecule is Cn1cccc1C(C)(C(=O)O)c1ccc([N+](=O)[O-])cc1. The molecule has 1 heterocycles. The molecular formula is C14H14N2O4. The number of aliphatic carboxylic acids is 1. The molecule has 0 radical (unpaired) electrons. The highest BCUT2D eigenvalue weighted by atomic mass is 16.6. The maximum atomic E-state index is 11.7. The van der Waals surface area contributed by atoms with Crippen LogP contribution in [0.4, 0.5) is 5.69 Å². The van der Waals surface area contributed by atoms with Gasteiger partial charge in [0, 0.05) is 31.1 Å². The minimum absolute atomic E-state index is 0.0617. The van der Waals surface area contributed by atoms with E-state index in [1.54, 1.807) is 36.9 Å². The van der Waals surface area contributed by atoms with Crippen LogP contribution in [0.3, 0.4) is 0 Å². The van der Waals surface area contributed by atoms with E-state index in [4.69, 9.17) is 0 Å². The molecule has 0 amide bonds. The molecule has 0 fully saturated rings. The number of hydrogen-bond donors (Lipinski definition) is 1. The van der Waals surface area contributed by atoms with Gasteiger partial charge in [-0.1, -0.05) is 12.1 Å². The molecule has 0 aliphatic rings. The van der Waals surface area contributed by atoms with Crippen LogP contribution in [0.1, 0.15) is 18.2 Å². The highest BCUT2D eigenvalue weighted by Gasteiger charge is 2.39. The predicted octanol–water partition coefficient (Wildman–Crippen LogP) is 2.32. The lowest BCUT2D eigenvalue weighted by Crippen LogP contribution is -2.35. The van der Waals surface area contributed by atoms with Gasteiger partial charge in [-0.2, -0.15) is 0 Å². The van der Waals surface area contributed by atoms with Crippen molar-refractivity contribution >= 4 is 11.7 Å². The van der Waals surface area contributed by atoms with E-state index in [1.807, 2.05) is 0 Å². The summed E-state index contributed by atoms with van der Waals surface area (Å²) in [6.07, 6.45) is 1.77. The zero-order valence-corrected chi connectivity index (χ0v) is 11.1. The summed E-state index contributed by atoms with van der Waals surface area (Å²) >= 11 is 0. The predicted molar refractivity (Wildman–Crippen MR) is 72.6 cm³/mol. The van der Waals surface area contributed by atoms with Crippen LogP contribution < -0.4 is 0 Å². The second-order valence-corrected chi connectivity index (χ2v) is 4.74. The van der Waals surface area contributed by atoms with Crippen molar-refractivity contribution in [2.24, 2.45) is 7.05 Å². The third-order valence-electron chi connectivity index (χ3n) is 3.54. The summed E-state index contributed by atoms with van der Waals surface area (Å²) in [5, 5.41) is 20.3. The van der Waals surface area contributed by atoms with E-state index in [0.29, 0.717) is 11.3 Å². The number of benzene rings is 1. The molecule has 0 saturated carbocycles. The molecule has 2 rings (SSSR count). The van der Waals surface area contributed by atoms with Crippen molar-refractivity contribution < 1.29 is 14.8 Å². The number of carboxylic acid groups (broad SMARTS) is 1. The fourth-order valence-corrected chi connectivity index (χ4v) is 2.28. The normalized spacial score (nSPS) is 13.7. The molecule has 20 heavy (non-hydrogen) atoms. The Morgan fingerprint density at radius 3 is 2.30 bits per heavy atom. The average Bonchev–Trinajstić information content (AvgIpc) is 2.84. The lowest BCUT2D eigenvalue weighted by atomic mass is 9.79. The number of nitro groups is 1. The molecule has 2 aromatic rings. The quantitative estimate of drug-likeness (QED) is 0.684. The summed E-state index contributed by atoms with van der Waals surface area (Å²) in [7, 11) is 1.77. The van der Waals surface area contributed by atoms with Gasteiger partial charge in [0.05, 0.1) is 4.92 Å². The lowest BCUT2D eigenvalue weighted by Gasteiger charge is -2.26. The first-order valence-electron chi connectivity index (χ1n) is 5.97. The molecule has 0 aliphatic carbocycles. The van der Waals surface area contributed by atoms with Gasteiger partial charge in [-0.15, -0.1) is 0 Å². The molecule has 0 saturated heterocycles. The molecule has 0 aliphatic heterocycles. The maximum absolute atomic E-state index is 11.7. The van der Waals surface area contributed by atoms with Crippen LogP contribution in [0.25, 0.3) is 0 Å². The standard InChI is InChI=1S/C14H14N2O4/c1-14(13(17)18,12-4-3-9-15(12)2)10-5-7-11(8-6-10)16(19)20/h3-9H,1-2H3,(H,17,18). The minimum atomic E-state index is -1.26. The Labute approximate surface area is 115 Å². The number of carbonyl (C=O) groups is 1. The molecule has 1 aromatic heterocycles. The smallest absolute Gasteiger partial charge is 0.319 e. The number of nitro benzene ring substituents is 1. The van der Waals surface area contributed by atoms with Crippen molar-refractivity contribution in [1.82, 2.24) is 4.57 Å². The van der Waals surface area contributed by atoms with Gasteiger partial charge in [-0.3, -0.25) is 14.9 Å². The molecule has 1 N–H and O–H groups in total. The number of nitrogens with zero attached hydrogens (tertiary/aromatic N) is 2. The topological polar surface area (TPSA) is 85.4 Å². The molecule has 0 spiro atoms. The van der Waals surface area contributed by atoms with E-state index in [9.17, 15) is 20.0 Å². The van der Waals surface area contributed by atoms with E-state index in [1.165, 1.54) is 24.3 Å². The van der Waals surface area contributed by atoms with Gasteiger partial charge in [0.25, 0.3) is 5.69 Å². The number of hydrogen-bond acceptors (Lipinski definition) is 3. The number of aromatic nitrogens is 1. The van der Waals surface area contributed by atoms with Crippen LogP contribution in [-0.2, 0) is 17.3 Å². The average molecular weight is 274 g/mol. The summed E-state index contributed by atoms with van der Waals surface area (Å²) in [6.45, 7) is 1.59. The van der Waals surface area contributed by atoms with Crippen LogP contribution in [0.2, 0.25) is 0 Å². The second kappa shape index (κ2) is 4.80. The first-order chi connectivity index (χ1) is 9.37. The van der Waals surface area contributed by atoms with Gasteiger partial charge in [0.1, 0.15) is 5.41 Å². The molecule has 6 heteroatoms. The van der Waals surface area contributed by atoms with Crippen LogP contribution in [-0.4, -0.2) is 20.6 Å². The zero-order chi connectivity index (χ0) is 14.9. The fraction of sp³-hybridized carbons (Fsp3) is 0.214. The number of carboxylic acids is 1. The molecule has 0 bridgehead atoms. The summed E-state index contributed by atoms with van der Waals surface area (Å²) in [6, 6.07) is 9.11. The Balaban J connectivity index is 2.57. The van der Waals surface area contributed by atoms with Gasteiger partial charge in [0.2, 0.25) is 0 Å². The highest BCUT2D eigenvalue weighted by molar-refractivity contribution is 5.85. The molecule has 1 atom stereocenters. The highest BCUT2D eigenvalue weighted by Crippen LogP contribution is 2.33. The lowest BCUT2D eigenvalue weighted by molar-refractivity contribution is -0.384. The van der Waals surface area contributed by atoms with Crippen molar-refractivity contribution in [3.63, 3.8) is 0 Å². The Hall–Kier alpha value is -2.63. The Morgan fingerprint density at radius 2 is 1.90 bits per heavy atom. The summed E-state index contributed by atoms with van der Waals surface area (Å²) in [4.78, 5) is 21.9. The largest absolute Gasteiger partial charge is 0.480 e. The third kappa shape index (κ3) is 2.05. The first-order valence-corrected chi connectivity index (χ1v) is 5.97. The van der Waals surface area contributed by atoms with E-state index < -0.39 is 16.3 Å². The zero-order valence-electron chi connectivity index (χ0n) is 11.1. The van der Waals surface area contributed by atoms with Gasteiger partial charge in [-0.25, -0.2) is 0 Å². The van der Waals surface area contributed by atoms with Crippen LogP contribution in [0, 0.1) is 10.1 Å². The molecular weight excluding hydrogens is 260 g/mol. The summed E-state index contributed by atoms with van der Waals surface area (Å²) in [5.41, 5.74) is -0.211. The van der Waals surface area contributed by atoms with Crippen molar-refractivity contribution in [2.45, 2.75) is 12.3 Å². The van der Waals surface area contributed by atoms with Crippen LogP contribution in [0.5, 0.6) is 0 Å². The van der Waals surface area contributed by atoms with E-state index >= 15 is 0 Å². The Kier molecular flexibility index (Phi) is 3.31. The monoisotopic (exact) mass is 274 g/mol. The van der Waals surface area contributed by atoms with Gasteiger partial charge < -0.3 is 9.67 Å². The second-order valence-electron chi connectivity index (χ2n) is 4.74. The van der Waals surface area contributed by atoms with E-state index in [-0.39, 0.29) is 5.69 Å². The number of aryl methyl sites for hydroxylation is 1. The summed E-state index contributed by atoms with van der Waals surface area (Å²) < 4.78 is 1.73. The number of rotatable bonds is 4. The first kappa shape index (κ1) is 13.8. The molecule has 104 valence electrons. The van der Waals surface area contributed by atoms with E-state index in [0.717, 1.165) is 0 Å². The maximum Gasteiger partial charge on any atom is 0.319 e. The van der Waals surface area contributed by atoms with Crippen molar-refractivity contribution in [3.05, 3.63) is 64.0 Å². The molecule has 1 unspecified atom stereocenters. The van der Waals surface area contributed by atoms with E-state index in [2.05, 4.69) is 0 Å². The molecule has 6 nitrogen and oxygen atoms in total. The van der Waals surface area contributed by atoms with Crippen molar-refractivity contribution in [2.75, 3.05) is 0 Å². The van der Waals surface area contributed by atoms with Crippen molar-refractivity contribution in [1.29, 1.82) is 0 Å². The minimum Gasteiger partial charge on any atom is -0.480 e. The van der Waals surface area contributed by atoms with Crippen LogP contribution >= 0.6 is 0 Å². The van der Waals surface area contributed by atoms with Crippen molar-refractivity contribution in [3.8, 4) is 0 Å². The molecule has 1 aromatic carbocycles. The third-order valence-corrected chi connectivity index (χ3v) is 3.54. The van der Waals surface area contributed by atoms with Crippen LogP contribution in [0.15, 0.2) is 42.6 Å². The number of non-ortho nitro benzene ring substituents is 1. The van der Waals surface area contributed by atoms with Gasteiger partial charge >= 0.3 is 5.97 Å². The van der Waals surface area contributed by atoms with Gasteiger partial charge in [-0.05, 0) is 24.6 Å². The fourth-order valence-electron chi connectivity index (χ4n) is 2.28.